The van der Waals surface area contributed by atoms with Gasteiger partial charge in [0.1, 0.15) is 17.9 Å². The number of fused-ring (bicyclic) bond motifs is 1. The molecule has 3 heterocycles. The van der Waals surface area contributed by atoms with E-state index in [9.17, 15) is 13.2 Å². The van der Waals surface area contributed by atoms with Crippen LogP contribution in [0.2, 0.25) is 0 Å². The second-order valence-electron chi connectivity index (χ2n) is 7.68. The Hall–Kier alpha value is -3.82. The highest BCUT2D eigenvalue weighted by Crippen LogP contribution is 2.37. The first-order valence-electron chi connectivity index (χ1n) is 10.4. The lowest BCUT2D eigenvalue weighted by Crippen LogP contribution is -2.47. The van der Waals surface area contributed by atoms with Crippen molar-refractivity contribution in [1.82, 2.24) is 19.6 Å². The molecule has 170 valence electrons. The first-order chi connectivity index (χ1) is 16.0. The van der Waals surface area contributed by atoms with Crippen molar-refractivity contribution >= 4 is 17.3 Å². The highest BCUT2D eigenvalue weighted by molar-refractivity contribution is 5.77. The molecule has 0 saturated carbocycles. The molecule has 7 nitrogen and oxygen atoms in total. The van der Waals surface area contributed by atoms with Crippen LogP contribution < -0.4 is 14.5 Å². The third-order valence-electron chi connectivity index (χ3n) is 5.81. The number of aromatic nitrogens is 4. The third kappa shape index (κ3) is 3.92. The van der Waals surface area contributed by atoms with Crippen molar-refractivity contribution in [1.29, 1.82) is 0 Å². The Bertz CT molecular complexity index is 1260. The Morgan fingerprint density at radius 2 is 1.58 bits per heavy atom. The molecular formula is C23H21F3N6O. The molecule has 2 aromatic carbocycles. The van der Waals surface area contributed by atoms with E-state index in [1.54, 1.807) is 28.8 Å². The summed E-state index contributed by atoms with van der Waals surface area (Å²) in [7, 11) is 1.61. The first-order valence-corrected chi connectivity index (χ1v) is 10.4. The Morgan fingerprint density at radius 3 is 2.27 bits per heavy atom. The minimum atomic E-state index is -4.40. The Labute approximate surface area is 188 Å². The number of benzene rings is 2. The third-order valence-corrected chi connectivity index (χ3v) is 5.81. The molecule has 5 rings (SSSR count). The largest absolute Gasteiger partial charge is 0.497 e. The number of piperazine rings is 1. The standard InChI is InChI=1S/C23H21F3N6O/c1-33-17-8-6-16(7-9-17)18-14-27-22-28-15-29-32(22)21(18)31-12-10-30(11-13-31)20-5-3-2-4-19(20)23(24,25)26/h2-9,14-15H,10-13H2,1H3. The lowest BCUT2D eigenvalue weighted by molar-refractivity contribution is -0.137. The van der Waals surface area contributed by atoms with Crippen LogP contribution in [0.15, 0.2) is 61.1 Å². The topological polar surface area (TPSA) is 58.8 Å². The average Bonchev–Trinajstić information content (AvgIpc) is 3.32. The fourth-order valence-corrected chi connectivity index (χ4v) is 4.19. The SMILES string of the molecule is COc1ccc(-c2cnc3ncnn3c2N2CCN(c3ccccc3C(F)(F)F)CC2)cc1. The van der Waals surface area contributed by atoms with Crippen molar-refractivity contribution in [3.63, 3.8) is 0 Å². The smallest absolute Gasteiger partial charge is 0.418 e. The van der Waals surface area contributed by atoms with Gasteiger partial charge in [-0.3, -0.25) is 0 Å². The van der Waals surface area contributed by atoms with Gasteiger partial charge in [0.25, 0.3) is 5.78 Å². The zero-order valence-corrected chi connectivity index (χ0v) is 17.8. The monoisotopic (exact) mass is 454 g/mol. The van der Waals surface area contributed by atoms with Gasteiger partial charge in [-0.05, 0) is 29.8 Å². The van der Waals surface area contributed by atoms with Crippen molar-refractivity contribution in [3.8, 4) is 16.9 Å². The number of hydrogen-bond acceptors (Lipinski definition) is 6. The van der Waals surface area contributed by atoms with Gasteiger partial charge in [0.2, 0.25) is 0 Å². The first kappa shape index (κ1) is 21.0. The highest BCUT2D eigenvalue weighted by atomic mass is 19.4. The second-order valence-corrected chi connectivity index (χ2v) is 7.68. The maximum absolute atomic E-state index is 13.5. The molecule has 2 aromatic heterocycles. The van der Waals surface area contributed by atoms with Crippen molar-refractivity contribution in [2.45, 2.75) is 6.18 Å². The summed E-state index contributed by atoms with van der Waals surface area (Å²) in [5.41, 5.74) is 1.39. The summed E-state index contributed by atoms with van der Waals surface area (Å²) in [6, 6.07) is 13.3. The summed E-state index contributed by atoms with van der Waals surface area (Å²) in [5, 5.41) is 4.35. The Kier molecular flexibility index (Phi) is 5.27. The summed E-state index contributed by atoms with van der Waals surface area (Å²) in [6.07, 6.45) is -1.20. The number of hydrogen-bond donors (Lipinski definition) is 0. The fourth-order valence-electron chi connectivity index (χ4n) is 4.19. The predicted molar refractivity (Wildman–Crippen MR) is 119 cm³/mol. The van der Waals surface area contributed by atoms with Crippen molar-refractivity contribution in [2.24, 2.45) is 0 Å². The number of halogens is 3. The summed E-state index contributed by atoms with van der Waals surface area (Å²) < 4.78 is 47.5. The van der Waals surface area contributed by atoms with E-state index in [0.29, 0.717) is 32.0 Å². The molecule has 0 bridgehead atoms. The highest BCUT2D eigenvalue weighted by Gasteiger charge is 2.35. The van der Waals surface area contributed by atoms with E-state index in [1.165, 1.54) is 18.5 Å². The van der Waals surface area contributed by atoms with Gasteiger partial charge in [-0.15, -0.1) is 0 Å². The number of rotatable bonds is 4. The van der Waals surface area contributed by atoms with E-state index >= 15 is 0 Å². The molecular weight excluding hydrogens is 433 g/mol. The van der Waals surface area contributed by atoms with Crippen LogP contribution in [0.25, 0.3) is 16.9 Å². The van der Waals surface area contributed by atoms with E-state index in [0.717, 1.165) is 28.8 Å². The quantitative estimate of drug-likeness (QED) is 0.462. The Morgan fingerprint density at radius 1 is 0.879 bits per heavy atom. The minimum absolute atomic E-state index is 0.209. The van der Waals surface area contributed by atoms with Crippen LogP contribution in [0.1, 0.15) is 5.56 Å². The summed E-state index contributed by atoms with van der Waals surface area (Å²) in [4.78, 5) is 12.5. The lowest BCUT2D eigenvalue weighted by Gasteiger charge is -2.38. The van der Waals surface area contributed by atoms with E-state index in [1.807, 2.05) is 24.3 Å². The Balaban J connectivity index is 1.47. The maximum Gasteiger partial charge on any atom is 0.418 e. The molecule has 0 amide bonds. The second kappa shape index (κ2) is 8.27. The normalized spacial score (nSPS) is 14.7. The van der Waals surface area contributed by atoms with Gasteiger partial charge < -0.3 is 14.5 Å². The maximum atomic E-state index is 13.5. The van der Waals surface area contributed by atoms with E-state index < -0.39 is 11.7 Å². The van der Waals surface area contributed by atoms with Crippen LogP contribution in [-0.2, 0) is 6.18 Å². The molecule has 1 fully saturated rings. The minimum Gasteiger partial charge on any atom is -0.497 e. The molecule has 1 saturated heterocycles. The molecule has 0 spiro atoms. The van der Waals surface area contributed by atoms with Crippen LogP contribution in [0.5, 0.6) is 5.75 Å². The zero-order valence-electron chi connectivity index (χ0n) is 17.8. The van der Waals surface area contributed by atoms with Crippen LogP contribution >= 0.6 is 0 Å². The number of anilines is 2. The summed E-state index contributed by atoms with van der Waals surface area (Å²) in [5.74, 6) is 2.02. The molecule has 0 radical (unpaired) electrons. The molecule has 0 N–H and O–H groups in total. The van der Waals surface area contributed by atoms with Crippen LogP contribution in [-0.4, -0.2) is 52.9 Å². The van der Waals surface area contributed by atoms with E-state index in [-0.39, 0.29) is 5.69 Å². The zero-order chi connectivity index (χ0) is 23.0. The molecule has 0 atom stereocenters. The number of methoxy groups -OCH3 is 1. The van der Waals surface area contributed by atoms with Crippen LogP contribution in [0.3, 0.4) is 0 Å². The van der Waals surface area contributed by atoms with Gasteiger partial charge in [0.05, 0.1) is 12.7 Å². The molecule has 1 aliphatic rings. The predicted octanol–water partition coefficient (Wildman–Crippen LogP) is 4.15. The summed E-state index contributed by atoms with van der Waals surface area (Å²) >= 11 is 0. The van der Waals surface area contributed by atoms with Gasteiger partial charge in [-0.25, -0.2) is 4.98 Å². The van der Waals surface area contributed by atoms with Crippen molar-refractivity contribution < 1.29 is 17.9 Å². The van der Waals surface area contributed by atoms with Gasteiger partial charge in [0.15, 0.2) is 0 Å². The molecule has 33 heavy (non-hydrogen) atoms. The summed E-state index contributed by atoms with van der Waals surface area (Å²) in [6.45, 7) is 1.92. The lowest BCUT2D eigenvalue weighted by atomic mass is 10.1. The van der Waals surface area contributed by atoms with Crippen LogP contribution in [0.4, 0.5) is 24.7 Å². The van der Waals surface area contributed by atoms with E-state index in [4.69, 9.17) is 4.74 Å². The van der Waals surface area contributed by atoms with Gasteiger partial charge in [-0.1, -0.05) is 24.3 Å². The van der Waals surface area contributed by atoms with Crippen LogP contribution in [0, 0.1) is 0 Å². The number of alkyl halides is 3. The van der Waals surface area contributed by atoms with Crippen molar-refractivity contribution in [2.75, 3.05) is 43.1 Å². The number of para-hydroxylation sites is 1. The number of nitrogens with zero attached hydrogens (tertiary/aromatic N) is 6. The fraction of sp³-hybridized carbons (Fsp3) is 0.261. The van der Waals surface area contributed by atoms with Crippen molar-refractivity contribution in [3.05, 3.63) is 66.6 Å². The molecule has 10 heteroatoms. The van der Waals surface area contributed by atoms with Gasteiger partial charge >= 0.3 is 6.18 Å². The molecule has 0 aliphatic carbocycles. The van der Waals surface area contributed by atoms with Gasteiger partial charge in [-0.2, -0.15) is 27.8 Å². The molecule has 1 aliphatic heterocycles. The number of ether oxygens (including phenoxy) is 1. The average molecular weight is 454 g/mol. The van der Waals surface area contributed by atoms with E-state index in [2.05, 4.69) is 20.0 Å². The molecule has 0 unspecified atom stereocenters. The molecule has 4 aromatic rings. The van der Waals surface area contributed by atoms with Gasteiger partial charge in [0, 0.05) is 43.6 Å².